The Morgan fingerprint density at radius 2 is 2.26 bits per heavy atom. The lowest BCUT2D eigenvalue weighted by atomic mass is 10.1. The number of aliphatic carboxylic acids is 1. The maximum absolute atomic E-state index is 10.4. The highest BCUT2D eigenvalue weighted by atomic mass is 32.2. The van der Waals surface area contributed by atoms with Crippen molar-refractivity contribution in [3.63, 3.8) is 0 Å². The molecule has 0 fully saturated rings. The van der Waals surface area contributed by atoms with Gasteiger partial charge in [0.25, 0.3) is 5.22 Å². The number of carboxylic acids is 1. The molecule has 2 aromatic rings. The van der Waals surface area contributed by atoms with Crippen LogP contribution in [0.15, 0.2) is 27.8 Å². The van der Waals surface area contributed by atoms with E-state index >= 15 is 0 Å². The molecule has 1 aromatic heterocycles. The molecule has 0 aliphatic rings. The second kappa shape index (κ2) is 5.75. The summed E-state index contributed by atoms with van der Waals surface area (Å²) in [6, 6.07) is 5.54. The highest BCUT2D eigenvalue weighted by Crippen LogP contribution is 2.27. The lowest BCUT2D eigenvalue weighted by Crippen LogP contribution is -1.97. The zero-order valence-electron chi connectivity index (χ0n) is 10.4. The van der Waals surface area contributed by atoms with Crippen LogP contribution in [0.2, 0.25) is 0 Å². The molecule has 0 bridgehead atoms. The number of rotatable bonds is 5. The number of aromatic nitrogens is 2. The van der Waals surface area contributed by atoms with Gasteiger partial charge in [-0.3, -0.25) is 4.79 Å². The predicted molar refractivity (Wildman–Crippen MR) is 69.4 cm³/mol. The molecule has 1 aromatic carbocycles. The van der Waals surface area contributed by atoms with Crippen LogP contribution in [0.5, 0.6) is 5.75 Å². The van der Waals surface area contributed by atoms with E-state index < -0.39 is 5.97 Å². The van der Waals surface area contributed by atoms with E-state index in [1.54, 1.807) is 13.2 Å². The van der Waals surface area contributed by atoms with Gasteiger partial charge in [0, 0.05) is 5.56 Å². The van der Waals surface area contributed by atoms with Gasteiger partial charge < -0.3 is 14.3 Å². The molecule has 1 heterocycles. The van der Waals surface area contributed by atoms with Gasteiger partial charge in [-0.25, -0.2) is 0 Å². The Morgan fingerprint density at radius 3 is 2.95 bits per heavy atom. The Bertz CT molecular complexity index is 597. The van der Waals surface area contributed by atoms with E-state index in [9.17, 15) is 4.79 Å². The van der Waals surface area contributed by atoms with Crippen LogP contribution >= 0.6 is 11.8 Å². The Balaban J connectivity index is 2.20. The quantitative estimate of drug-likeness (QED) is 0.840. The predicted octanol–water partition coefficient (Wildman–Crippen LogP) is 2.23. The zero-order chi connectivity index (χ0) is 13.8. The number of methoxy groups -OCH3 is 1. The first-order valence-corrected chi connectivity index (χ1v) is 6.42. The van der Waals surface area contributed by atoms with E-state index in [1.165, 1.54) is 0 Å². The molecule has 0 radical (unpaired) electrons. The molecule has 0 aliphatic heterocycles. The molecule has 0 unspecified atom stereocenters. The lowest BCUT2D eigenvalue weighted by Gasteiger charge is -2.04. The number of ether oxygens (including phenoxy) is 1. The fourth-order valence-corrected chi connectivity index (χ4v) is 1.94. The van der Waals surface area contributed by atoms with Crippen molar-refractivity contribution >= 4 is 17.7 Å². The monoisotopic (exact) mass is 280 g/mol. The minimum Gasteiger partial charge on any atom is -0.496 e. The third-order valence-electron chi connectivity index (χ3n) is 2.38. The molecular formula is C12H12N2O4S. The van der Waals surface area contributed by atoms with E-state index in [0.717, 1.165) is 28.6 Å². The SMILES string of the molecule is COc1cc(-c2nnc(SCC(=O)O)o2)ccc1C. The molecule has 6 nitrogen and oxygen atoms in total. The van der Waals surface area contributed by atoms with Gasteiger partial charge in [0.15, 0.2) is 0 Å². The molecule has 0 saturated carbocycles. The van der Waals surface area contributed by atoms with Gasteiger partial charge >= 0.3 is 5.97 Å². The van der Waals surface area contributed by atoms with Gasteiger partial charge in [0.05, 0.1) is 7.11 Å². The average Bonchev–Trinajstić information content (AvgIpc) is 2.86. The summed E-state index contributed by atoms with van der Waals surface area (Å²) in [5.74, 6) is 0.0298. The van der Waals surface area contributed by atoms with Crippen molar-refractivity contribution in [2.45, 2.75) is 12.1 Å². The van der Waals surface area contributed by atoms with Gasteiger partial charge in [-0.15, -0.1) is 10.2 Å². The summed E-state index contributed by atoms with van der Waals surface area (Å²) in [5, 5.41) is 16.5. The van der Waals surface area contributed by atoms with E-state index in [1.807, 2.05) is 19.1 Å². The number of benzene rings is 1. The molecule has 2 rings (SSSR count). The minimum atomic E-state index is -0.929. The van der Waals surface area contributed by atoms with Crippen molar-refractivity contribution in [1.82, 2.24) is 10.2 Å². The third-order valence-corrected chi connectivity index (χ3v) is 3.18. The Morgan fingerprint density at radius 1 is 1.47 bits per heavy atom. The maximum Gasteiger partial charge on any atom is 0.314 e. The lowest BCUT2D eigenvalue weighted by molar-refractivity contribution is -0.133. The largest absolute Gasteiger partial charge is 0.496 e. The second-order valence-corrected chi connectivity index (χ2v) is 4.67. The van der Waals surface area contributed by atoms with Crippen LogP contribution in [0.3, 0.4) is 0 Å². The second-order valence-electron chi connectivity index (χ2n) is 3.74. The fourth-order valence-electron chi connectivity index (χ4n) is 1.46. The standard InChI is InChI=1S/C12H12N2O4S/c1-7-3-4-8(5-9(7)17-2)11-13-14-12(18-11)19-6-10(15)16/h3-5H,6H2,1-2H3,(H,15,16). The number of hydrogen-bond donors (Lipinski definition) is 1. The molecule has 0 saturated heterocycles. The van der Waals surface area contributed by atoms with Crippen molar-refractivity contribution < 1.29 is 19.1 Å². The molecule has 7 heteroatoms. The van der Waals surface area contributed by atoms with Crippen LogP contribution in [-0.4, -0.2) is 34.1 Å². The first-order valence-electron chi connectivity index (χ1n) is 5.43. The fraction of sp³-hybridized carbons (Fsp3) is 0.250. The summed E-state index contributed by atoms with van der Waals surface area (Å²) < 4.78 is 10.6. The number of aryl methyl sites for hydroxylation is 1. The summed E-state index contributed by atoms with van der Waals surface area (Å²) in [4.78, 5) is 10.4. The molecule has 0 amide bonds. The van der Waals surface area contributed by atoms with Crippen molar-refractivity contribution in [3.8, 4) is 17.2 Å². The van der Waals surface area contributed by atoms with Gasteiger partial charge in [-0.05, 0) is 24.6 Å². The highest BCUT2D eigenvalue weighted by molar-refractivity contribution is 7.99. The van der Waals surface area contributed by atoms with Gasteiger partial charge in [0.2, 0.25) is 5.89 Å². The zero-order valence-corrected chi connectivity index (χ0v) is 11.2. The Hall–Kier alpha value is -2.02. The van der Waals surface area contributed by atoms with Crippen LogP contribution in [-0.2, 0) is 4.79 Å². The van der Waals surface area contributed by atoms with Crippen LogP contribution in [0, 0.1) is 6.92 Å². The minimum absolute atomic E-state index is 0.112. The van der Waals surface area contributed by atoms with Crippen molar-refractivity contribution in [1.29, 1.82) is 0 Å². The summed E-state index contributed by atoms with van der Waals surface area (Å²) in [5.41, 5.74) is 1.74. The molecular weight excluding hydrogens is 268 g/mol. The molecule has 100 valence electrons. The molecule has 19 heavy (non-hydrogen) atoms. The normalized spacial score (nSPS) is 10.4. The van der Waals surface area contributed by atoms with E-state index in [-0.39, 0.29) is 11.0 Å². The van der Waals surface area contributed by atoms with E-state index in [2.05, 4.69) is 10.2 Å². The molecule has 0 spiro atoms. The highest BCUT2D eigenvalue weighted by Gasteiger charge is 2.12. The molecule has 1 N–H and O–H groups in total. The van der Waals surface area contributed by atoms with Gasteiger partial charge in [0.1, 0.15) is 11.5 Å². The number of thioether (sulfide) groups is 1. The first-order chi connectivity index (χ1) is 9.10. The van der Waals surface area contributed by atoms with Crippen molar-refractivity contribution in [2.24, 2.45) is 0 Å². The Labute approximate surface area is 113 Å². The van der Waals surface area contributed by atoms with E-state index in [4.69, 9.17) is 14.3 Å². The summed E-state index contributed by atoms with van der Waals surface area (Å²) in [7, 11) is 1.59. The van der Waals surface area contributed by atoms with E-state index in [0.29, 0.717) is 5.89 Å². The smallest absolute Gasteiger partial charge is 0.314 e. The molecule has 0 aliphatic carbocycles. The summed E-state index contributed by atoms with van der Waals surface area (Å²) in [6.45, 7) is 1.94. The van der Waals surface area contributed by atoms with Crippen LogP contribution in [0.1, 0.15) is 5.56 Å². The summed E-state index contributed by atoms with van der Waals surface area (Å²) in [6.07, 6.45) is 0. The van der Waals surface area contributed by atoms with Crippen molar-refractivity contribution in [3.05, 3.63) is 23.8 Å². The van der Waals surface area contributed by atoms with Crippen LogP contribution in [0.25, 0.3) is 11.5 Å². The average molecular weight is 280 g/mol. The first kappa shape index (κ1) is 13.4. The van der Waals surface area contributed by atoms with Crippen molar-refractivity contribution in [2.75, 3.05) is 12.9 Å². The molecule has 0 atom stereocenters. The van der Waals surface area contributed by atoms with Gasteiger partial charge in [-0.1, -0.05) is 17.8 Å². The van der Waals surface area contributed by atoms with Crippen LogP contribution < -0.4 is 4.74 Å². The Kier molecular flexibility index (Phi) is 4.06. The number of carboxylic acid groups (broad SMARTS) is 1. The topological polar surface area (TPSA) is 85.5 Å². The summed E-state index contributed by atoms with van der Waals surface area (Å²) >= 11 is 0.986. The van der Waals surface area contributed by atoms with Gasteiger partial charge in [-0.2, -0.15) is 0 Å². The maximum atomic E-state index is 10.4. The van der Waals surface area contributed by atoms with Crippen LogP contribution in [0.4, 0.5) is 0 Å². The number of hydrogen-bond acceptors (Lipinski definition) is 6. The number of carbonyl (C=O) groups is 1. The number of nitrogens with zero attached hydrogens (tertiary/aromatic N) is 2. The third kappa shape index (κ3) is 3.25.